The lowest BCUT2D eigenvalue weighted by Gasteiger charge is -2.11. The van der Waals surface area contributed by atoms with Gasteiger partial charge in [0.2, 0.25) is 5.78 Å². The second-order valence-corrected chi connectivity index (χ2v) is 3.20. The number of rotatable bonds is 3. The molecule has 0 aliphatic carbocycles. The van der Waals surface area contributed by atoms with Crippen LogP contribution < -0.4 is 0 Å². The Morgan fingerprint density at radius 3 is 2.29 bits per heavy atom. The van der Waals surface area contributed by atoms with Gasteiger partial charge in [0, 0.05) is 6.42 Å². The lowest BCUT2D eigenvalue weighted by atomic mass is 10.0. The number of hydrogen-bond acceptors (Lipinski definition) is 2. The van der Waals surface area contributed by atoms with Gasteiger partial charge in [0.15, 0.2) is 0 Å². The number of carbonyl (C=O) groups excluding carboxylic acids is 1. The highest BCUT2D eigenvalue weighted by Crippen LogP contribution is 2.32. The Hall–Kier alpha value is -1.92. The van der Waals surface area contributed by atoms with E-state index in [2.05, 4.69) is 0 Å². The highest BCUT2D eigenvalue weighted by Gasteiger charge is 2.34. The van der Waals surface area contributed by atoms with Crippen molar-refractivity contribution in [2.75, 3.05) is 0 Å². The van der Waals surface area contributed by atoms with Crippen LogP contribution in [0, 0.1) is 5.82 Å². The zero-order chi connectivity index (χ0) is 13.2. The third-order valence-electron chi connectivity index (χ3n) is 1.97. The molecule has 0 aliphatic rings. The van der Waals surface area contributed by atoms with E-state index >= 15 is 0 Å². The number of carbonyl (C=O) groups is 2. The van der Waals surface area contributed by atoms with Crippen LogP contribution in [0.4, 0.5) is 17.6 Å². The molecule has 3 nitrogen and oxygen atoms in total. The lowest BCUT2D eigenvalue weighted by molar-refractivity contribution is -0.149. The van der Waals surface area contributed by atoms with Gasteiger partial charge in [0.05, 0.1) is 5.56 Å². The Kier molecular flexibility index (Phi) is 3.50. The quantitative estimate of drug-likeness (QED) is 0.659. The van der Waals surface area contributed by atoms with Crippen molar-refractivity contribution in [3.8, 4) is 0 Å². The molecule has 0 aromatic heterocycles. The summed E-state index contributed by atoms with van der Waals surface area (Å²) in [5.74, 6) is -4.33. The minimum atomic E-state index is -4.84. The maximum absolute atomic E-state index is 12.7. The highest BCUT2D eigenvalue weighted by molar-refractivity contribution is 6.33. The fourth-order valence-corrected chi connectivity index (χ4v) is 1.22. The summed E-state index contributed by atoms with van der Waals surface area (Å²) in [4.78, 5) is 21.0. The van der Waals surface area contributed by atoms with Gasteiger partial charge >= 0.3 is 12.1 Å². The molecule has 7 heteroatoms. The summed E-state index contributed by atoms with van der Waals surface area (Å²) < 4.78 is 50.0. The second kappa shape index (κ2) is 4.52. The van der Waals surface area contributed by atoms with Crippen molar-refractivity contribution in [2.24, 2.45) is 0 Å². The molecule has 0 fully saturated rings. The van der Waals surface area contributed by atoms with Crippen LogP contribution in [0.3, 0.4) is 0 Å². The molecule has 0 saturated heterocycles. The fraction of sp³-hybridized carbons (Fsp3) is 0.200. The zero-order valence-corrected chi connectivity index (χ0v) is 8.21. The van der Waals surface area contributed by atoms with Crippen molar-refractivity contribution in [2.45, 2.75) is 12.6 Å². The molecule has 0 saturated carbocycles. The summed E-state index contributed by atoms with van der Waals surface area (Å²) in [6.45, 7) is 0. The molecular weight excluding hydrogens is 244 g/mol. The van der Waals surface area contributed by atoms with Crippen molar-refractivity contribution in [1.82, 2.24) is 0 Å². The van der Waals surface area contributed by atoms with Crippen LogP contribution in [0.2, 0.25) is 0 Å². The molecular formula is C10H6F4O3. The van der Waals surface area contributed by atoms with Crippen molar-refractivity contribution in [3.05, 3.63) is 35.1 Å². The number of carboxylic acids is 1. The molecule has 1 N–H and O–H groups in total. The average molecular weight is 250 g/mol. The Balaban J connectivity index is 3.16. The topological polar surface area (TPSA) is 54.4 Å². The average Bonchev–Trinajstić information content (AvgIpc) is 2.18. The number of halogens is 4. The summed E-state index contributed by atoms with van der Waals surface area (Å²) in [6.07, 6.45) is -5.76. The van der Waals surface area contributed by atoms with Crippen molar-refractivity contribution in [1.29, 1.82) is 0 Å². The maximum atomic E-state index is 12.7. The van der Waals surface area contributed by atoms with E-state index in [9.17, 15) is 27.2 Å². The van der Waals surface area contributed by atoms with E-state index in [-0.39, 0.29) is 6.07 Å². The van der Waals surface area contributed by atoms with E-state index in [1.165, 1.54) is 0 Å². The van der Waals surface area contributed by atoms with Crippen molar-refractivity contribution >= 4 is 11.8 Å². The van der Waals surface area contributed by atoms with Crippen LogP contribution in [0.1, 0.15) is 11.1 Å². The van der Waals surface area contributed by atoms with Gasteiger partial charge in [-0.05, 0) is 17.7 Å². The maximum Gasteiger partial charge on any atom is 0.416 e. The first-order valence-corrected chi connectivity index (χ1v) is 4.33. The van der Waals surface area contributed by atoms with Gasteiger partial charge in [-0.3, -0.25) is 4.79 Å². The van der Waals surface area contributed by atoms with Gasteiger partial charge < -0.3 is 5.11 Å². The summed E-state index contributed by atoms with van der Waals surface area (Å²) in [5.41, 5.74) is -1.90. The molecule has 0 radical (unpaired) electrons. The number of hydrogen-bond donors (Lipinski definition) is 1. The molecule has 0 heterocycles. The molecule has 0 atom stereocenters. The van der Waals surface area contributed by atoms with Crippen LogP contribution in [0.5, 0.6) is 0 Å². The number of Topliss-reactive ketones (excluding diaryl/α,β-unsaturated/α-hetero) is 1. The minimum absolute atomic E-state index is 0.227. The third-order valence-corrected chi connectivity index (χ3v) is 1.97. The van der Waals surface area contributed by atoms with Gasteiger partial charge in [0.25, 0.3) is 0 Å². The molecule has 0 bridgehead atoms. The Morgan fingerprint density at radius 1 is 1.24 bits per heavy atom. The van der Waals surface area contributed by atoms with Gasteiger partial charge in [-0.15, -0.1) is 0 Å². The van der Waals surface area contributed by atoms with Gasteiger partial charge in [0.1, 0.15) is 5.82 Å². The number of carboxylic acid groups (broad SMARTS) is 1. The first-order chi connectivity index (χ1) is 7.71. The SMILES string of the molecule is O=C(O)C(=O)Cc1ccc(F)cc1C(F)(F)F. The van der Waals surface area contributed by atoms with Crippen LogP contribution in [0.15, 0.2) is 18.2 Å². The van der Waals surface area contributed by atoms with Gasteiger partial charge in [-0.1, -0.05) is 6.07 Å². The van der Waals surface area contributed by atoms with E-state index in [1.54, 1.807) is 0 Å². The number of benzene rings is 1. The molecule has 92 valence electrons. The molecule has 0 amide bonds. The summed E-state index contributed by atoms with van der Waals surface area (Å²) >= 11 is 0. The van der Waals surface area contributed by atoms with E-state index in [4.69, 9.17) is 5.11 Å². The van der Waals surface area contributed by atoms with Gasteiger partial charge in [-0.25, -0.2) is 9.18 Å². The molecule has 0 spiro atoms. The predicted molar refractivity (Wildman–Crippen MR) is 47.7 cm³/mol. The number of alkyl halides is 3. The molecule has 1 rings (SSSR count). The van der Waals surface area contributed by atoms with Crippen LogP contribution in [0.25, 0.3) is 0 Å². The van der Waals surface area contributed by atoms with Gasteiger partial charge in [-0.2, -0.15) is 13.2 Å². The predicted octanol–water partition coefficient (Wildman–Crippen LogP) is 2.04. The first-order valence-electron chi connectivity index (χ1n) is 4.33. The molecule has 1 aromatic rings. The Bertz CT molecular complexity index is 465. The monoisotopic (exact) mass is 250 g/mol. The zero-order valence-electron chi connectivity index (χ0n) is 8.21. The van der Waals surface area contributed by atoms with Crippen LogP contribution in [-0.2, 0) is 22.2 Å². The Morgan fingerprint density at radius 2 is 1.82 bits per heavy atom. The normalized spacial score (nSPS) is 11.3. The van der Waals surface area contributed by atoms with E-state index < -0.39 is 41.3 Å². The lowest BCUT2D eigenvalue weighted by Crippen LogP contribution is -2.18. The minimum Gasteiger partial charge on any atom is -0.475 e. The standard InChI is InChI=1S/C10H6F4O3/c11-6-2-1-5(3-8(15)9(16)17)7(4-6)10(12,13)14/h1-2,4H,3H2,(H,16,17). The van der Waals surface area contributed by atoms with E-state index in [0.29, 0.717) is 0 Å². The fourth-order valence-electron chi connectivity index (χ4n) is 1.22. The first kappa shape index (κ1) is 13.1. The third kappa shape index (κ3) is 3.27. The van der Waals surface area contributed by atoms with E-state index in [1.807, 2.05) is 0 Å². The van der Waals surface area contributed by atoms with Crippen LogP contribution >= 0.6 is 0 Å². The summed E-state index contributed by atoms with van der Waals surface area (Å²) in [7, 11) is 0. The van der Waals surface area contributed by atoms with E-state index in [0.717, 1.165) is 12.1 Å². The van der Waals surface area contributed by atoms with Crippen molar-refractivity contribution in [3.63, 3.8) is 0 Å². The second-order valence-electron chi connectivity index (χ2n) is 3.20. The molecule has 17 heavy (non-hydrogen) atoms. The smallest absolute Gasteiger partial charge is 0.416 e. The summed E-state index contributed by atoms with van der Waals surface area (Å²) in [5, 5.41) is 8.29. The molecule has 1 aromatic carbocycles. The largest absolute Gasteiger partial charge is 0.475 e. The number of ketones is 1. The number of aliphatic carboxylic acids is 1. The molecule has 0 unspecified atom stereocenters. The van der Waals surface area contributed by atoms with Crippen LogP contribution in [-0.4, -0.2) is 16.9 Å². The summed E-state index contributed by atoms with van der Waals surface area (Å²) in [6, 6.07) is 1.71. The Labute approximate surface area is 92.7 Å². The molecule has 0 aliphatic heterocycles. The highest BCUT2D eigenvalue weighted by atomic mass is 19.4. The van der Waals surface area contributed by atoms with Crippen molar-refractivity contribution < 1.29 is 32.3 Å².